The van der Waals surface area contributed by atoms with Crippen molar-refractivity contribution in [2.45, 2.75) is 33.1 Å². The van der Waals surface area contributed by atoms with Crippen LogP contribution in [0.25, 0.3) is 0 Å². The summed E-state index contributed by atoms with van der Waals surface area (Å²) >= 11 is 0. The summed E-state index contributed by atoms with van der Waals surface area (Å²) in [5.41, 5.74) is 6.33. The summed E-state index contributed by atoms with van der Waals surface area (Å²) in [5, 5.41) is 0. The number of ether oxygens (including phenoxy) is 2. The fraction of sp³-hybridized carbons (Fsp3) is 0.533. The Hall–Kier alpha value is -1.71. The maximum absolute atomic E-state index is 11.3. The first-order valence-corrected chi connectivity index (χ1v) is 6.29. The van der Waals surface area contributed by atoms with Crippen LogP contribution in [0.3, 0.4) is 0 Å². The summed E-state index contributed by atoms with van der Waals surface area (Å²) in [6.45, 7) is 6.28. The first-order valence-electron chi connectivity index (χ1n) is 6.29. The monoisotopic (exact) mass is 265 g/mol. The average molecular weight is 265 g/mol. The van der Waals surface area contributed by atoms with Crippen molar-refractivity contribution < 1.29 is 14.3 Å². The Morgan fingerprint density at radius 2 is 1.79 bits per heavy atom. The number of primary amides is 1. The predicted octanol–water partition coefficient (Wildman–Crippen LogP) is 2.71. The van der Waals surface area contributed by atoms with Gasteiger partial charge in [-0.1, -0.05) is 26.8 Å². The molecule has 1 aromatic carbocycles. The Kier molecular flexibility index (Phi) is 4.81. The van der Waals surface area contributed by atoms with Crippen LogP contribution in [-0.4, -0.2) is 20.1 Å². The minimum Gasteiger partial charge on any atom is -0.493 e. The topological polar surface area (TPSA) is 61.5 Å². The molecule has 1 amide bonds. The van der Waals surface area contributed by atoms with Crippen molar-refractivity contribution in [1.29, 1.82) is 0 Å². The molecule has 0 saturated heterocycles. The number of amides is 1. The predicted molar refractivity (Wildman–Crippen MR) is 75.6 cm³/mol. The van der Waals surface area contributed by atoms with Crippen LogP contribution in [0.4, 0.5) is 0 Å². The zero-order valence-corrected chi connectivity index (χ0v) is 12.3. The van der Waals surface area contributed by atoms with Crippen LogP contribution in [0.5, 0.6) is 11.5 Å². The zero-order valence-electron chi connectivity index (χ0n) is 12.3. The summed E-state index contributed by atoms with van der Waals surface area (Å²) in [6, 6.07) is 5.73. The zero-order chi connectivity index (χ0) is 14.6. The third kappa shape index (κ3) is 3.88. The normalized spacial score (nSPS) is 12.9. The van der Waals surface area contributed by atoms with Gasteiger partial charge in [0.15, 0.2) is 11.5 Å². The van der Waals surface area contributed by atoms with Gasteiger partial charge in [0, 0.05) is 6.42 Å². The van der Waals surface area contributed by atoms with Gasteiger partial charge in [0.2, 0.25) is 5.91 Å². The molecule has 0 spiro atoms. The SMILES string of the molecule is COc1ccc(C(CC(N)=O)C(C)(C)C)cc1OC. The Balaban J connectivity index is 3.19. The second-order valence-electron chi connectivity index (χ2n) is 5.70. The van der Waals surface area contributed by atoms with E-state index in [9.17, 15) is 4.79 Å². The highest BCUT2D eigenvalue weighted by molar-refractivity contribution is 5.75. The van der Waals surface area contributed by atoms with Gasteiger partial charge in [0.1, 0.15) is 0 Å². The van der Waals surface area contributed by atoms with Crippen LogP contribution in [0, 0.1) is 5.41 Å². The van der Waals surface area contributed by atoms with E-state index in [1.807, 2.05) is 18.2 Å². The van der Waals surface area contributed by atoms with Gasteiger partial charge in [-0.2, -0.15) is 0 Å². The molecule has 2 N–H and O–H groups in total. The molecule has 0 aliphatic heterocycles. The maximum Gasteiger partial charge on any atom is 0.218 e. The van der Waals surface area contributed by atoms with E-state index in [1.54, 1.807) is 14.2 Å². The number of carbonyl (C=O) groups is 1. The quantitative estimate of drug-likeness (QED) is 0.890. The molecule has 0 saturated carbocycles. The lowest BCUT2D eigenvalue weighted by Gasteiger charge is -2.30. The molecule has 0 fully saturated rings. The van der Waals surface area contributed by atoms with Crippen LogP contribution in [-0.2, 0) is 4.79 Å². The number of nitrogens with two attached hydrogens (primary N) is 1. The standard InChI is InChI=1S/C15H23NO3/c1-15(2,3)11(9-14(16)17)10-6-7-12(18-4)13(8-10)19-5/h6-8,11H,9H2,1-5H3,(H2,16,17). The van der Waals surface area contributed by atoms with E-state index in [0.717, 1.165) is 5.56 Å². The van der Waals surface area contributed by atoms with E-state index in [2.05, 4.69) is 20.8 Å². The smallest absolute Gasteiger partial charge is 0.218 e. The molecule has 19 heavy (non-hydrogen) atoms. The van der Waals surface area contributed by atoms with Crippen molar-refractivity contribution in [2.75, 3.05) is 14.2 Å². The summed E-state index contributed by atoms with van der Waals surface area (Å²) < 4.78 is 10.5. The summed E-state index contributed by atoms with van der Waals surface area (Å²) in [7, 11) is 3.20. The van der Waals surface area contributed by atoms with E-state index in [0.29, 0.717) is 17.9 Å². The molecular weight excluding hydrogens is 242 g/mol. The molecule has 0 aromatic heterocycles. The van der Waals surface area contributed by atoms with Crippen molar-refractivity contribution in [2.24, 2.45) is 11.1 Å². The molecule has 0 bridgehead atoms. The minimum absolute atomic E-state index is 0.0461. The Morgan fingerprint density at radius 3 is 2.21 bits per heavy atom. The molecule has 0 aliphatic rings. The van der Waals surface area contributed by atoms with Crippen molar-refractivity contribution in [1.82, 2.24) is 0 Å². The van der Waals surface area contributed by atoms with Gasteiger partial charge in [0.25, 0.3) is 0 Å². The minimum atomic E-state index is -0.297. The van der Waals surface area contributed by atoms with Gasteiger partial charge in [-0.15, -0.1) is 0 Å². The summed E-state index contributed by atoms with van der Waals surface area (Å²) in [4.78, 5) is 11.3. The van der Waals surface area contributed by atoms with Gasteiger partial charge < -0.3 is 15.2 Å². The lowest BCUT2D eigenvalue weighted by atomic mass is 9.74. The number of rotatable bonds is 5. The third-order valence-corrected chi connectivity index (χ3v) is 3.26. The molecular formula is C15H23NO3. The van der Waals surface area contributed by atoms with Gasteiger partial charge in [0.05, 0.1) is 14.2 Å². The van der Waals surface area contributed by atoms with E-state index < -0.39 is 0 Å². The van der Waals surface area contributed by atoms with Crippen molar-refractivity contribution >= 4 is 5.91 Å². The fourth-order valence-electron chi connectivity index (χ4n) is 2.19. The average Bonchev–Trinajstić information content (AvgIpc) is 2.33. The van der Waals surface area contributed by atoms with Gasteiger partial charge >= 0.3 is 0 Å². The van der Waals surface area contributed by atoms with Crippen molar-refractivity contribution in [3.05, 3.63) is 23.8 Å². The van der Waals surface area contributed by atoms with Crippen LogP contribution in [0.15, 0.2) is 18.2 Å². The van der Waals surface area contributed by atoms with Gasteiger partial charge in [-0.3, -0.25) is 4.79 Å². The molecule has 0 heterocycles. The van der Waals surface area contributed by atoms with Crippen molar-refractivity contribution in [3.8, 4) is 11.5 Å². The number of methoxy groups -OCH3 is 2. The fourth-order valence-corrected chi connectivity index (χ4v) is 2.19. The van der Waals surface area contributed by atoms with Crippen molar-refractivity contribution in [3.63, 3.8) is 0 Å². The second-order valence-corrected chi connectivity index (χ2v) is 5.70. The number of benzene rings is 1. The Labute approximate surface area is 114 Å². The summed E-state index contributed by atoms with van der Waals surface area (Å²) in [5.74, 6) is 1.09. The maximum atomic E-state index is 11.3. The lowest BCUT2D eigenvalue weighted by molar-refractivity contribution is -0.118. The Morgan fingerprint density at radius 1 is 1.21 bits per heavy atom. The second kappa shape index (κ2) is 5.95. The molecule has 4 heteroatoms. The van der Waals surface area contributed by atoms with E-state index >= 15 is 0 Å². The molecule has 106 valence electrons. The Bertz CT molecular complexity index is 449. The van der Waals surface area contributed by atoms with Crippen LogP contribution >= 0.6 is 0 Å². The van der Waals surface area contributed by atoms with Gasteiger partial charge in [-0.05, 0) is 29.0 Å². The highest BCUT2D eigenvalue weighted by Gasteiger charge is 2.28. The highest BCUT2D eigenvalue weighted by atomic mass is 16.5. The number of carbonyl (C=O) groups excluding carboxylic acids is 1. The van der Waals surface area contributed by atoms with E-state index in [1.165, 1.54) is 0 Å². The molecule has 1 rings (SSSR count). The highest BCUT2D eigenvalue weighted by Crippen LogP contribution is 2.40. The first kappa shape index (κ1) is 15.3. The molecule has 1 unspecified atom stereocenters. The molecule has 0 radical (unpaired) electrons. The van der Waals surface area contributed by atoms with E-state index in [4.69, 9.17) is 15.2 Å². The molecule has 4 nitrogen and oxygen atoms in total. The van der Waals surface area contributed by atoms with Crippen LogP contribution in [0.1, 0.15) is 38.7 Å². The third-order valence-electron chi connectivity index (χ3n) is 3.26. The van der Waals surface area contributed by atoms with Crippen LogP contribution < -0.4 is 15.2 Å². The molecule has 1 aromatic rings. The number of hydrogen-bond donors (Lipinski definition) is 1. The first-order chi connectivity index (χ1) is 8.79. The lowest BCUT2D eigenvalue weighted by Crippen LogP contribution is -2.25. The van der Waals surface area contributed by atoms with E-state index in [-0.39, 0.29) is 17.2 Å². The number of hydrogen-bond acceptors (Lipinski definition) is 3. The molecule has 1 atom stereocenters. The van der Waals surface area contributed by atoms with Crippen LogP contribution in [0.2, 0.25) is 0 Å². The van der Waals surface area contributed by atoms with Gasteiger partial charge in [-0.25, -0.2) is 0 Å². The summed E-state index contributed by atoms with van der Waals surface area (Å²) in [6.07, 6.45) is 0.318. The molecule has 0 aliphatic carbocycles. The largest absolute Gasteiger partial charge is 0.493 e.